The van der Waals surface area contributed by atoms with E-state index in [0.717, 1.165) is 24.2 Å². The molecule has 2 bridgehead atoms. The van der Waals surface area contributed by atoms with E-state index in [0.29, 0.717) is 19.3 Å². The number of nitrogens with zero attached hydrogens (tertiary/aromatic N) is 1. The molecule has 1 aromatic rings. The largest absolute Gasteiger partial charge is 0.497 e. The lowest BCUT2D eigenvalue weighted by molar-refractivity contribution is -0.121. The molecule has 6 nitrogen and oxygen atoms in total. The van der Waals surface area contributed by atoms with E-state index in [9.17, 15) is 13.2 Å². The maximum Gasteiger partial charge on any atom is 0.224 e. The molecule has 2 atom stereocenters. The summed E-state index contributed by atoms with van der Waals surface area (Å²) in [6.45, 7) is 0. The highest BCUT2D eigenvalue weighted by Crippen LogP contribution is 2.37. The normalized spacial score (nSPS) is 27.0. The third-order valence-electron chi connectivity index (χ3n) is 4.91. The zero-order valence-electron chi connectivity index (χ0n) is 14.1. The van der Waals surface area contributed by atoms with E-state index >= 15 is 0 Å². The van der Waals surface area contributed by atoms with Crippen LogP contribution >= 0.6 is 0 Å². The molecular weight excluding hydrogens is 328 g/mol. The number of hydrogen-bond donors (Lipinski definition) is 1. The molecule has 7 heteroatoms. The molecule has 0 saturated carbocycles. The molecule has 0 radical (unpaired) electrons. The molecule has 3 rings (SSSR count). The molecule has 1 aromatic carbocycles. The first-order chi connectivity index (χ1) is 11.4. The minimum absolute atomic E-state index is 0.0274. The lowest BCUT2D eigenvalue weighted by Crippen LogP contribution is -2.52. The number of fused-ring (bicyclic) bond motifs is 2. The Morgan fingerprint density at radius 1 is 1.29 bits per heavy atom. The van der Waals surface area contributed by atoms with Crippen LogP contribution in [0.15, 0.2) is 24.3 Å². The van der Waals surface area contributed by atoms with Crippen LogP contribution in [0.1, 0.15) is 31.2 Å². The third-order valence-corrected chi connectivity index (χ3v) is 6.28. The Morgan fingerprint density at radius 2 is 1.96 bits per heavy atom. The van der Waals surface area contributed by atoms with E-state index in [1.165, 1.54) is 6.26 Å². The highest BCUT2D eigenvalue weighted by atomic mass is 32.2. The zero-order chi connectivity index (χ0) is 17.3. The Balaban J connectivity index is 1.59. The standard InChI is InChI=1S/C17H24N2O4S/c1-23-16-5-3-4-12(8-16)9-17(20)18-13-10-14-6-7-15(11-13)19(14)24(2,21)22/h3-5,8,13-15H,6-7,9-11H2,1-2H3,(H,18,20). The van der Waals surface area contributed by atoms with Crippen molar-refractivity contribution in [2.45, 2.75) is 50.2 Å². The number of amides is 1. The van der Waals surface area contributed by atoms with Gasteiger partial charge in [-0.2, -0.15) is 4.31 Å². The molecule has 1 amide bonds. The van der Waals surface area contributed by atoms with E-state index in [1.807, 2.05) is 24.3 Å². The molecule has 2 unspecified atom stereocenters. The summed E-state index contributed by atoms with van der Waals surface area (Å²) >= 11 is 0. The Labute approximate surface area is 143 Å². The van der Waals surface area contributed by atoms with Crippen LogP contribution in [0.5, 0.6) is 5.75 Å². The number of carbonyl (C=O) groups is 1. The van der Waals surface area contributed by atoms with Gasteiger partial charge in [0.25, 0.3) is 0 Å². The van der Waals surface area contributed by atoms with Crippen molar-refractivity contribution in [2.75, 3.05) is 13.4 Å². The molecule has 2 aliphatic heterocycles. The average molecular weight is 352 g/mol. The fourth-order valence-corrected chi connectivity index (χ4v) is 5.51. The molecule has 132 valence electrons. The van der Waals surface area contributed by atoms with Crippen LogP contribution < -0.4 is 10.1 Å². The maximum atomic E-state index is 12.3. The number of nitrogens with one attached hydrogen (secondary N) is 1. The maximum absolute atomic E-state index is 12.3. The Bertz CT molecular complexity index is 705. The van der Waals surface area contributed by atoms with Gasteiger partial charge >= 0.3 is 0 Å². The van der Waals surface area contributed by atoms with Crippen molar-refractivity contribution >= 4 is 15.9 Å². The van der Waals surface area contributed by atoms with E-state index in [4.69, 9.17) is 4.74 Å². The Hall–Kier alpha value is -1.60. The molecule has 2 aliphatic rings. The van der Waals surface area contributed by atoms with Crippen molar-refractivity contribution in [3.8, 4) is 5.75 Å². The monoisotopic (exact) mass is 352 g/mol. The number of sulfonamides is 1. The van der Waals surface area contributed by atoms with Crippen LogP contribution in [0.25, 0.3) is 0 Å². The summed E-state index contributed by atoms with van der Waals surface area (Å²) in [6, 6.07) is 7.58. The summed E-state index contributed by atoms with van der Waals surface area (Å²) in [4.78, 5) is 12.3. The van der Waals surface area contributed by atoms with Crippen LogP contribution in [0.4, 0.5) is 0 Å². The summed E-state index contributed by atoms with van der Waals surface area (Å²) in [7, 11) is -1.56. The van der Waals surface area contributed by atoms with Gasteiger partial charge in [0.2, 0.25) is 15.9 Å². The van der Waals surface area contributed by atoms with E-state index in [-0.39, 0.29) is 24.0 Å². The number of ether oxygens (including phenoxy) is 1. The summed E-state index contributed by atoms with van der Waals surface area (Å²) in [5.41, 5.74) is 0.906. The Morgan fingerprint density at radius 3 is 2.54 bits per heavy atom. The van der Waals surface area contributed by atoms with E-state index in [1.54, 1.807) is 11.4 Å². The SMILES string of the molecule is COc1cccc(CC(=O)NC2CC3CCC(C2)N3S(C)(=O)=O)c1. The van der Waals surface area contributed by atoms with Crippen molar-refractivity contribution in [1.82, 2.24) is 9.62 Å². The van der Waals surface area contributed by atoms with Crippen LogP contribution in [0.3, 0.4) is 0 Å². The molecule has 0 aliphatic carbocycles. The van der Waals surface area contributed by atoms with Gasteiger partial charge in [0.15, 0.2) is 0 Å². The molecule has 2 saturated heterocycles. The average Bonchev–Trinajstić information content (AvgIpc) is 2.80. The zero-order valence-corrected chi connectivity index (χ0v) is 14.9. The van der Waals surface area contributed by atoms with E-state index in [2.05, 4.69) is 5.32 Å². The fraction of sp³-hybridized carbons (Fsp3) is 0.588. The molecule has 24 heavy (non-hydrogen) atoms. The van der Waals surface area contributed by atoms with Gasteiger partial charge in [-0.1, -0.05) is 12.1 Å². The van der Waals surface area contributed by atoms with Gasteiger partial charge in [-0.15, -0.1) is 0 Å². The second-order valence-electron chi connectivity index (χ2n) is 6.74. The lowest BCUT2D eigenvalue weighted by Gasteiger charge is -2.37. The molecule has 0 spiro atoms. The van der Waals surface area contributed by atoms with Gasteiger partial charge in [0, 0.05) is 18.1 Å². The van der Waals surface area contributed by atoms with Gasteiger partial charge < -0.3 is 10.1 Å². The predicted molar refractivity (Wildman–Crippen MR) is 91.4 cm³/mol. The first-order valence-corrected chi connectivity index (χ1v) is 10.1. The quantitative estimate of drug-likeness (QED) is 0.867. The number of benzene rings is 1. The van der Waals surface area contributed by atoms with Crippen molar-refractivity contribution < 1.29 is 17.9 Å². The highest BCUT2D eigenvalue weighted by Gasteiger charge is 2.45. The number of hydrogen-bond acceptors (Lipinski definition) is 4. The van der Waals surface area contributed by atoms with E-state index < -0.39 is 10.0 Å². The smallest absolute Gasteiger partial charge is 0.224 e. The van der Waals surface area contributed by atoms with Gasteiger partial charge in [-0.25, -0.2) is 8.42 Å². The van der Waals surface area contributed by atoms with Gasteiger partial charge in [-0.05, 0) is 43.4 Å². The molecular formula is C17H24N2O4S. The van der Waals surface area contributed by atoms with Crippen LogP contribution in [-0.4, -0.2) is 50.1 Å². The molecule has 1 N–H and O–H groups in total. The second-order valence-corrected chi connectivity index (χ2v) is 8.63. The van der Waals surface area contributed by atoms with Crippen molar-refractivity contribution in [3.05, 3.63) is 29.8 Å². The van der Waals surface area contributed by atoms with Crippen LogP contribution in [0, 0.1) is 0 Å². The number of carbonyl (C=O) groups excluding carboxylic acids is 1. The van der Waals surface area contributed by atoms with Gasteiger partial charge in [0.05, 0.1) is 19.8 Å². The molecule has 0 aromatic heterocycles. The highest BCUT2D eigenvalue weighted by molar-refractivity contribution is 7.88. The summed E-state index contributed by atoms with van der Waals surface area (Å²) in [5.74, 6) is 0.709. The van der Waals surface area contributed by atoms with Crippen LogP contribution in [-0.2, 0) is 21.2 Å². The molecule has 2 fully saturated rings. The van der Waals surface area contributed by atoms with Gasteiger partial charge in [-0.3, -0.25) is 4.79 Å². The predicted octanol–water partition coefficient (Wildman–Crippen LogP) is 1.31. The Kier molecular flexibility index (Phi) is 4.83. The third kappa shape index (κ3) is 3.72. The number of methoxy groups -OCH3 is 1. The summed E-state index contributed by atoms with van der Waals surface area (Å²) in [6.07, 6.45) is 4.76. The van der Waals surface area contributed by atoms with Crippen molar-refractivity contribution in [2.24, 2.45) is 0 Å². The minimum Gasteiger partial charge on any atom is -0.497 e. The minimum atomic E-state index is -3.16. The lowest BCUT2D eigenvalue weighted by atomic mass is 9.99. The topological polar surface area (TPSA) is 75.7 Å². The first kappa shape index (κ1) is 17.2. The first-order valence-electron chi connectivity index (χ1n) is 8.27. The summed E-state index contributed by atoms with van der Waals surface area (Å²) in [5, 5.41) is 3.08. The summed E-state index contributed by atoms with van der Waals surface area (Å²) < 4.78 is 30.6. The van der Waals surface area contributed by atoms with Crippen molar-refractivity contribution in [1.29, 1.82) is 0 Å². The number of rotatable bonds is 5. The second kappa shape index (κ2) is 6.72. The van der Waals surface area contributed by atoms with Crippen molar-refractivity contribution in [3.63, 3.8) is 0 Å². The van der Waals surface area contributed by atoms with Gasteiger partial charge in [0.1, 0.15) is 5.75 Å². The molecule has 2 heterocycles. The van der Waals surface area contributed by atoms with Crippen LogP contribution in [0.2, 0.25) is 0 Å². The fourth-order valence-electron chi connectivity index (χ4n) is 4.04. The number of piperidine rings is 1.